The highest BCUT2D eigenvalue weighted by molar-refractivity contribution is 5.33. The third-order valence-corrected chi connectivity index (χ3v) is 3.20. The van der Waals surface area contributed by atoms with Gasteiger partial charge in [0.2, 0.25) is 5.95 Å². The van der Waals surface area contributed by atoms with Crippen LogP contribution in [0.25, 0.3) is 0 Å². The molecule has 5 nitrogen and oxygen atoms in total. The van der Waals surface area contributed by atoms with E-state index in [1.807, 2.05) is 32.0 Å². The standard InChI is InChI=1S/C15H20N4O/c1-4-19(9-14-7-5-6-11(2)17-14)15-16-8-13(10-20)12(3)18-15/h5-8,20H,4,9-10H2,1-3H3. The van der Waals surface area contributed by atoms with Crippen molar-refractivity contribution in [3.8, 4) is 0 Å². The van der Waals surface area contributed by atoms with Crippen molar-refractivity contribution in [2.24, 2.45) is 0 Å². The predicted molar refractivity (Wildman–Crippen MR) is 78.4 cm³/mol. The molecule has 0 aromatic carbocycles. The molecular formula is C15H20N4O. The lowest BCUT2D eigenvalue weighted by Crippen LogP contribution is -2.25. The number of hydrogen-bond donors (Lipinski definition) is 1. The topological polar surface area (TPSA) is 62.1 Å². The van der Waals surface area contributed by atoms with E-state index in [9.17, 15) is 0 Å². The molecule has 0 atom stereocenters. The van der Waals surface area contributed by atoms with Gasteiger partial charge >= 0.3 is 0 Å². The number of hydrogen-bond acceptors (Lipinski definition) is 5. The Morgan fingerprint density at radius 1 is 1.20 bits per heavy atom. The van der Waals surface area contributed by atoms with Crippen LogP contribution in [0.4, 0.5) is 5.95 Å². The lowest BCUT2D eigenvalue weighted by Gasteiger charge is -2.21. The zero-order valence-corrected chi connectivity index (χ0v) is 12.2. The average molecular weight is 272 g/mol. The number of anilines is 1. The number of pyridine rings is 1. The fraction of sp³-hybridized carbons (Fsp3) is 0.400. The third-order valence-electron chi connectivity index (χ3n) is 3.20. The van der Waals surface area contributed by atoms with Crippen molar-refractivity contribution in [1.82, 2.24) is 15.0 Å². The van der Waals surface area contributed by atoms with Crippen molar-refractivity contribution in [3.63, 3.8) is 0 Å². The minimum absolute atomic E-state index is 0.0301. The van der Waals surface area contributed by atoms with Crippen LogP contribution < -0.4 is 4.90 Å². The Morgan fingerprint density at radius 3 is 2.60 bits per heavy atom. The quantitative estimate of drug-likeness (QED) is 0.902. The Hall–Kier alpha value is -2.01. The molecule has 0 bridgehead atoms. The summed E-state index contributed by atoms with van der Waals surface area (Å²) in [6, 6.07) is 5.99. The molecule has 0 aliphatic heterocycles. The second kappa shape index (κ2) is 6.43. The van der Waals surface area contributed by atoms with Crippen LogP contribution in [0.3, 0.4) is 0 Å². The zero-order valence-electron chi connectivity index (χ0n) is 12.2. The fourth-order valence-electron chi connectivity index (χ4n) is 1.99. The molecule has 2 rings (SSSR count). The molecule has 0 fully saturated rings. The molecule has 0 spiro atoms. The van der Waals surface area contributed by atoms with E-state index in [2.05, 4.69) is 26.8 Å². The first-order valence-corrected chi connectivity index (χ1v) is 6.75. The summed E-state index contributed by atoms with van der Waals surface area (Å²) in [5.41, 5.74) is 3.58. The van der Waals surface area contributed by atoms with E-state index in [1.165, 1.54) is 0 Å². The molecular weight excluding hydrogens is 252 g/mol. The summed E-state index contributed by atoms with van der Waals surface area (Å²) in [6.45, 7) is 7.38. The molecule has 0 saturated carbocycles. The predicted octanol–water partition coefficient (Wildman–Crippen LogP) is 2.01. The van der Waals surface area contributed by atoms with Gasteiger partial charge in [0.1, 0.15) is 0 Å². The van der Waals surface area contributed by atoms with Gasteiger partial charge in [0, 0.05) is 29.7 Å². The molecule has 0 amide bonds. The van der Waals surface area contributed by atoms with Crippen molar-refractivity contribution < 1.29 is 5.11 Å². The van der Waals surface area contributed by atoms with Crippen molar-refractivity contribution in [2.45, 2.75) is 33.9 Å². The Labute approximate surface area is 119 Å². The summed E-state index contributed by atoms with van der Waals surface area (Å²) in [5, 5.41) is 9.17. The molecule has 0 aliphatic rings. The molecule has 0 radical (unpaired) electrons. The van der Waals surface area contributed by atoms with Gasteiger partial charge in [-0.05, 0) is 32.9 Å². The minimum Gasteiger partial charge on any atom is -0.392 e. The highest BCUT2D eigenvalue weighted by Crippen LogP contribution is 2.14. The number of aliphatic hydroxyl groups is 1. The first-order chi connectivity index (χ1) is 9.63. The van der Waals surface area contributed by atoms with E-state index in [4.69, 9.17) is 5.11 Å². The zero-order chi connectivity index (χ0) is 14.5. The van der Waals surface area contributed by atoms with Crippen LogP contribution in [0.2, 0.25) is 0 Å². The molecule has 0 aliphatic carbocycles. The van der Waals surface area contributed by atoms with Crippen molar-refractivity contribution >= 4 is 5.95 Å². The number of aromatic nitrogens is 3. The molecule has 106 valence electrons. The molecule has 0 unspecified atom stereocenters. The van der Waals surface area contributed by atoms with Crippen molar-refractivity contribution in [1.29, 1.82) is 0 Å². The normalized spacial score (nSPS) is 10.6. The highest BCUT2D eigenvalue weighted by Gasteiger charge is 2.11. The van der Waals surface area contributed by atoms with Crippen LogP contribution in [0.15, 0.2) is 24.4 Å². The van der Waals surface area contributed by atoms with Crippen molar-refractivity contribution in [3.05, 3.63) is 47.0 Å². The molecule has 2 aromatic heterocycles. The van der Waals surface area contributed by atoms with Crippen LogP contribution in [0.1, 0.15) is 29.6 Å². The Morgan fingerprint density at radius 2 is 2.00 bits per heavy atom. The van der Waals surface area contributed by atoms with Crippen LogP contribution in [-0.4, -0.2) is 26.6 Å². The SMILES string of the molecule is CCN(Cc1cccc(C)n1)c1ncc(CO)c(C)n1. The summed E-state index contributed by atoms with van der Waals surface area (Å²) in [6.07, 6.45) is 1.68. The van der Waals surface area contributed by atoms with Gasteiger partial charge in [-0.2, -0.15) is 0 Å². The molecule has 2 heterocycles. The third kappa shape index (κ3) is 3.30. The summed E-state index contributed by atoms with van der Waals surface area (Å²) in [7, 11) is 0. The van der Waals surface area contributed by atoms with Gasteiger partial charge in [-0.15, -0.1) is 0 Å². The van der Waals surface area contributed by atoms with Gasteiger partial charge in [0.15, 0.2) is 0 Å². The summed E-state index contributed by atoms with van der Waals surface area (Å²) >= 11 is 0. The monoisotopic (exact) mass is 272 g/mol. The van der Waals surface area contributed by atoms with Crippen LogP contribution in [0.5, 0.6) is 0 Å². The largest absolute Gasteiger partial charge is 0.392 e. The average Bonchev–Trinajstić information content (AvgIpc) is 2.44. The van der Waals surface area contributed by atoms with Crippen LogP contribution >= 0.6 is 0 Å². The van der Waals surface area contributed by atoms with E-state index < -0.39 is 0 Å². The summed E-state index contributed by atoms with van der Waals surface area (Å²) in [4.78, 5) is 15.4. The van der Waals surface area contributed by atoms with Crippen LogP contribution in [-0.2, 0) is 13.2 Å². The summed E-state index contributed by atoms with van der Waals surface area (Å²) in [5.74, 6) is 0.672. The van der Waals surface area contributed by atoms with E-state index in [0.717, 1.165) is 29.2 Å². The van der Waals surface area contributed by atoms with Gasteiger partial charge in [-0.25, -0.2) is 9.97 Å². The maximum atomic E-state index is 9.17. The van der Waals surface area contributed by atoms with E-state index >= 15 is 0 Å². The van der Waals surface area contributed by atoms with Gasteiger partial charge in [-0.1, -0.05) is 6.07 Å². The maximum Gasteiger partial charge on any atom is 0.225 e. The first kappa shape index (κ1) is 14.4. The summed E-state index contributed by atoms with van der Waals surface area (Å²) < 4.78 is 0. The van der Waals surface area contributed by atoms with Crippen LogP contribution in [0, 0.1) is 13.8 Å². The number of aliphatic hydroxyl groups excluding tert-OH is 1. The molecule has 0 saturated heterocycles. The maximum absolute atomic E-state index is 9.17. The Balaban J connectivity index is 2.22. The molecule has 2 aromatic rings. The van der Waals surface area contributed by atoms with E-state index in [-0.39, 0.29) is 6.61 Å². The Bertz CT molecular complexity index is 586. The van der Waals surface area contributed by atoms with Crippen molar-refractivity contribution in [2.75, 3.05) is 11.4 Å². The number of rotatable bonds is 5. The van der Waals surface area contributed by atoms with Gasteiger partial charge in [0.25, 0.3) is 0 Å². The minimum atomic E-state index is -0.0301. The van der Waals surface area contributed by atoms with Gasteiger partial charge in [-0.3, -0.25) is 4.98 Å². The number of nitrogens with zero attached hydrogens (tertiary/aromatic N) is 4. The fourth-order valence-corrected chi connectivity index (χ4v) is 1.99. The van der Waals surface area contributed by atoms with Gasteiger partial charge < -0.3 is 10.0 Å². The second-order valence-corrected chi connectivity index (χ2v) is 4.72. The number of aryl methyl sites for hydroxylation is 2. The highest BCUT2D eigenvalue weighted by atomic mass is 16.3. The second-order valence-electron chi connectivity index (χ2n) is 4.72. The lowest BCUT2D eigenvalue weighted by molar-refractivity contribution is 0.280. The Kier molecular flexibility index (Phi) is 4.63. The lowest BCUT2D eigenvalue weighted by atomic mass is 10.2. The molecule has 20 heavy (non-hydrogen) atoms. The van der Waals surface area contributed by atoms with Gasteiger partial charge in [0.05, 0.1) is 18.8 Å². The van der Waals surface area contributed by atoms with E-state index in [0.29, 0.717) is 12.5 Å². The molecule has 5 heteroatoms. The smallest absolute Gasteiger partial charge is 0.225 e. The molecule has 1 N–H and O–H groups in total. The van der Waals surface area contributed by atoms with E-state index in [1.54, 1.807) is 6.20 Å². The first-order valence-electron chi connectivity index (χ1n) is 6.75.